The van der Waals surface area contributed by atoms with Crippen LogP contribution in [0, 0.1) is 0 Å². The molecule has 0 N–H and O–H groups in total. The summed E-state index contributed by atoms with van der Waals surface area (Å²) < 4.78 is 16.9. The molecule has 0 saturated carbocycles. The normalized spacial score (nSPS) is 12.2. The predicted molar refractivity (Wildman–Crippen MR) is 289 cm³/mol. The van der Waals surface area contributed by atoms with Gasteiger partial charge in [0.15, 0.2) is 6.10 Å². The fourth-order valence-corrected chi connectivity index (χ4v) is 8.67. The number of carbonyl (C=O) groups excluding carboxylic acids is 3. The van der Waals surface area contributed by atoms with Gasteiger partial charge in [-0.1, -0.05) is 263 Å². The van der Waals surface area contributed by atoms with E-state index in [1.54, 1.807) is 0 Å². The maximum absolute atomic E-state index is 12.8. The molecule has 0 rings (SSSR count). The monoisotopic (exact) mass is 941 g/mol. The van der Waals surface area contributed by atoms with Gasteiger partial charge in [-0.2, -0.15) is 0 Å². The zero-order valence-electron chi connectivity index (χ0n) is 44.9. The van der Waals surface area contributed by atoms with Crippen molar-refractivity contribution in [3.63, 3.8) is 0 Å². The van der Waals surface area contributed by atoms with Crippen molar-refractivity contribution in [3.8, 4) is 0 Å². The van der Waals surface area contributed by atoms with Crippen LogP contribution in [0.4, 0.5) is 0 Å². The molecule has 0 aromatic rings. The summed E-state index contributed by atoms with van der Waals surface area (Å²) in [6, 6.07) is 0. The molecular weight excluding hydrogens is 829 g/mol. The summed E-state index contributed by atoms with van der Waals surface area (Å²) in [6.07, 6.45) is 67.0. The highest BCUT2D eigenvalue weighted by Crippen LogP contribution is 2.16. The first kappa shape index (κ1) is 64.6. The first-order chi connectivity index (χ1) is 33.0. The van der Waals surface area contributed by atoms with Crippen molar-refractivity contribution in [2.24, 2.45) is 0 Å². The third-order valence-corrected chi connectivity index (χ3v) is 13.1. The molecule has 0 aliphatic heterocycles. The summed E-state index contributed by atoms with van der Waals surface area (Å²) >= 11 is 0. The Morgan fingerprint density at radius 1 is 0.299 bits per heavy atom. The van der Waals surface area contributed by atoms with Gasteiger partial charge in [0.2, 0.25) is 0 Å². The number of ether oxygens (including phenoxy) is 3. The van der Waals surface area contributed by atoms with Crippen LogP contribution in [-0.2, 0) is 28.6 Å². The predicted octanol–water partition coefficient (Wildman–Crippen LogP) is 19.7. The van der Waals surface area contributed by atoms with Crippen LogP contribution in [0.15, 0.2) is 36.5 Å². The second kappa shape index (κ2) is 56.2. The fourth-order valence-electron chi connectivity index (χ4n) is 8.67. The van der Waals surface area contributed by atoms with Gasteiger partial charge in [-0.05, 0) is 70.6 Å². The number of unbranched alkanes of at least 4 members (excludes halogenated alkanes) is 38. The Morgan fingerprint density at radius 3 is 0.866 bits per heavy atom. The second-order valence-corrected chi connectivity index (χ2v) is 19.9. The van der Waals surface area contributed by atoms with E-state index in [0.29, 0.717) is 19.3 Å². The number of esters is 3. The van der Waals surface area contributed by atoms with Crippen molar-refractivity contribution >= 4 is 17.9 Å². The molecule has 0 bridgehead atoms. The quantitative estimate of drug-likeness (QED) is 0.0199. The average molecular weight is 942 g/mol. The average Bonchev–Trinajstić information content (AvgIpc) is 3.33. The zero-order valence-corrected chi connectivity index (χ0v) is 44.9. The Labute approximate surface area is 416 Å². The van der Waals surface area contributed by atoms with Crippen molar-refractivity contribution in [2.45, 2.75) is 322 Å². The second-order valence-electron chi connectivity index (χ2n) is 19.9. The highest BCUT2D eigenvalue weighted by molar-refractivity contribution is 5.71. The molecule has 0 aliphatic rings. The number of hydrogen-bond acceptors (Lipinski definition) is 6. The molecule has 0 amide bonds. The van der Waals surface area contributed by atoms with E-state index in [2.05, 4.69) is 57.2 Å². The van der Waals surface area contributed by atoms with Crippen LogP contribution < -0.4 is 0 Å². The third kappa shape index (κ3) is 54.4. The Balaban J connectivity index is 4.34. The van der Waals surface area contributed by atoms with E-state index >= 15 is 0 Å². The van der Waals surface area contributed by atoms with Gasteiger partial charge >= 0.3 is 17.9 Å². The van der Waals surface area contributed by atoms with E-state index < -0.39 is 6.10 Å². The Hall–Kier alpha value is -2.37. The van der Waals surface area contributed by atoms with E-state index in [1.165, 1.54) is 212 Å². The van der Waals surface area contributed by atoms with Crippen molar-refractivity contribution in [1.82, 2.24) is 0 Å². The third-order valence-electron chi connectivity index (χ3n) is 13.1. The molecule has 392 valence electrons. The van der Waals surface area contributed by atoms with E-state index in [9.17, 15) is 14.4 Å². The van der Waals surface area contributed by atoms with E-state index in [4.69, 9.17) is 14.2 Å². The van der Waals surface area contributed by atoms with E-state index in [-0.39, 0.29) is 31.1 Å². The number of hydrogen-bond donors (Lipinski definition) is 0. The summed E-state index contributed by atoms with van der Waals surface area (Å²) in [6.45, 7) is 6.64. The van der Waals surface area contributed by atoms with Crippen LogP contribution in [0.2, 0.25) is 0 Å². The molecule has 0 saturated heterocycles. The van der Waals surface area contributed by atoms with Crippen LogP contribution in [0.3, 0.4) is 0 Å². The van der Waals surface area contributed by atoms with E-state index in [0.717, 1.165) is 64.2 Å². The van der Waals surface area contributed by atoms with E-state index in [1.807, 2.05) is 0 Å². The number of allylic oxidation sites excluding steroid dienone is 6. The van der Waals surface area contributed by atoms with Gasteiger partial charge < -0.3 is 14.2 Å². The molecule has 67 heavy (non-hydrogen) atoms. The van der Waals surface area contributed by atoms with Gasteiger partial charge in [-0.15, -0.1) is 0 Å². The van der Waals surface area contributed by atoms with Gasteiger partial charge in [-0.3, -0.25) is 14.4 Å². The minimum atomic E-state index is -0.777. The lowest BCUT2D eigenvalue weighted by atomic mass is 10.0. The van der Waals surface area contributed by atoms with Gasteiger partial charge in [-0.25, -0.2) is 0 Å². The molecule has 1 unspecified atom stereocenters. The SMILES string of the molecule is CCCCC/C=C\C=C/CCCCCCCCC(=O)OC(COC(=O)CCCCCCCCC/C=C\CCCCCCCCCC)COC(=O)CCCCCCCCCCCCCCCCC. The summed E-state index contributed by atoms with van der Waals surface area (Å²) in [4.78, 5) is 38.2. The zero-order chi connectivity index (χ0) is 48.6. The molecule has 0 aromatic carbocycles. The van der Waals surface area contributed by atoms with Crippen molar-refractivity contribution in [2.75, 3.05) is 13.2 Å². The maximum Gasteiger partial charge on any atom is 0.306 e. The molecule has 0 spiro atoms. The summed E-state index contributed by atoms with van der Waals surface area (Å²) in [5, 5.41) is 0. The van der Waals surface area contributed by atoms with Crippen molar-refractivity contribution in [3.05, 3.63) is 36.5 Å². The molecule has 0 radical (unpaired) electrons. The molecule has 0 aromatic heterocycles. The summed E-state index contributed by atoms with van der Waals surface area (Å²) in [7, 11) is 0. The number of carbonyl (C=O) groups is 3. The number of rotatable bonds is 54. The Morgan fingerprint density at radius 2 is 0.537 bits per heavy atom. The molecule has 0 aliphatic carbocycles. The largest absolute Gasteiger partial charge is 0.462 e. The lowest BCUT2D eigenvalue weighted by Crippen LogP contribution is -2.30. The summed E-state index contributed by atoms with van der Waals surface area (Å²) in [5.74, 6) is -0.873. The van der Waals surface area contributed by atoms with Crippen molar-refractivity contribution < 1.29 is 28.6 Å². The van der Waals surface area contributed by atoms with Crippen LogP contribution >= 0.6 is 0 Å². The maximum atomic E-state index is 12.8. The fraction of sp³-hybridized carbons (Fsp3) is 0.852. The first-order valence-corrected chi connectivity index (χ1v) is 29.5. The van der Waals surface area contributed by atoms with Gasteiger partial charge in [0.05, 0.1) is 0 Å². The highest BCUT2D eigenvalue weighted by Gasteiger charge is 2.19. The Kier molecular flexibility index (Phi) is 54.2. The standard InChI is InChI=1S/C61H112O6/c1-4-7-10-13-16-19-22-25-28-29-30-31-34-36-39-42-45-48-51-54-60(63)66-57-58(67-61(64)55-52-49-46-43-40-37-33-27-24-21-18-15-12-9-6-3)56-65-59(62)53-50-47-44-41-38-35-32-26-23-20-17-14-11-8-5-2/h18,21,24,27,29-30,58H,4-17,19-20,22-23,25-26,28,31-57H2,1-3H3/b21-18-,27-24-,30-29-. The minimum Gasteiger partial charge on any atom is -0.462 e. The van der Waals surface area contributed by atoms with Crippen molar-refractivity contribution in [1.29, 1.82) is 0 Å². The molecule has 6 nitrogen and oxygen atoms in total. The molecular formula is C61H112O6. The lowest BCUT2D eigenvalue weighted by Gasteiger charge is -2.18. The molecule has 0 heterocycles. The minimum absolute atomic E-state index is 0.0747. The van der Waals surface area contributed by atoms with Gasteiger partial charge in [0.25, 0.3) is 0 Å². The molecule has 1 atom stereocenters. The smallest absolute Gasteiger partial charge is 0.306 e. The van der Waals surface area contributed by atoms with Gasteiger partial charge in [0, 0.05) is 19.3 Å². The highest BCUT2D eigenvalue weighted by atomic mass is 16.6. The lowest BCUT2D eigenvalue weighted by molar-refractivity contribution is -0.167. The molecule has 0 fully saturated rings. The van der Waals surface area contributed by atoms with Crippen LogP contribution in [0.25, 0.3) is 0 Å². The topological polar surface area (TPSA) is 78.9 Å². The first-order valence-electron chi connectivity index (χ1n) is 29.5. The van der Waals surface area contributed by atoms with Gasteiger partial charge in [0.1, 0.15) is 13.2 Å². The van der Waals surface area contributed by atoms with Crippen LogP contribution in [0.5, 0.6) is 0 Å². The van der Waals surface area contributed by atoms with Crippen LogP contribution in [-0.4, -0.2) is 37.2 Å². The molecule has 6 heteroatoms. The summed E-state index contributed by atoms with van der Waals surface area (Å²) in [5.41, 5.74) is 0. The van der Waals surface area contributed by atoms with Crippen LogP contribution in [0.1, 0.15) is 316 Å². The Bertz CT molecular complexity index is 1130.